The molecule has 0 saturated heterocycles. The molecule has 0 aliphatic heterocycles. The Morgan fingerprint density at radius 2 is 2.07 bits per heavy atom. The third-order valence-corrected chi connectivity index (χ3v) is 4.25. The Labute approximate surface area is 105 Å². The molecule has 0 amide bonds. The van der Waals surface area contributed by atoms with E-state index in [0.717, 1.165) is 0 Å². The highest BCUT2D eigenvalue weighted by molar-refractivity contribution is 14.1. The summed E-state index contributed by atoms with van der Waals surface area (Å²) in [6.45, 7) is 0. The second-order valence-electron chi connectivity index (χ2n) is 2.57. The number of halogens is 2. The van der Waals surface area contributed by atoms with E-state index in [0.29, 0.717) is 3.57 Å². The topological polar surface area (TPSA) is 60.4 Å². The molecule has 0 N–H and O–H groups in total. The molecule has 4 nitrogen and oxygen atoms in total. The molecule has 1 aromatic rings. The van der Waals surface area contributed by atoms with E-state index in [1.807, 2.05) is 0 Å². The third kappa shape index (κ3) is 3.05. The third-order valence-electron chi connectivity index (χ3n) is 1.62. The van der Waals surface area contributed by atoms with Crippen molar-refractivity contribution >= 4 is 48.3 Å². The lowest BCUT2D eigenvalue weighted by Gasteiger charge is -2.03. The van der Waals surface area contributed by atoms with Crippen molar-refractivity contribution in [2.45, 2.75) is 4.90 Å². The van der Waals surface area contributed by atoms with Crippen LogP contribution in [0.2, 0.25) is 0 Å². The summed E-state index contributed by atoms with van der Waals surface area (Å²) in [5.74, 6) is -0.522. The monoisotopic (exact) mass is 360 g/mol. The van der Waals surface area contributed by atoms with Gasteiger partial charge in [-0.15, -0.1) is 0 Å². The van der Waals surface area contributed by atoms with Crippen molar-refractivity contribution in [2.24, 2.45) is 0 Å². The van der Waals surface area contributed by atoms with E-state index in [-0.39, 0.29) is 10.5 Å². The molecule has 0 atom stereocenters. The fourth-order valence-electron chi connectivity index (χ4n) is 0.943. The fraction of sp³-hybridized carbons (Fsp3) is 0.125. The predicted molar refractivity (Wildman–Crippen MR) is 63.5 cm³/mol. The first-order chi connectivity index (χ1) is 6.86. The minimum absolute atomic E-state index is 0.0163. The molecule has 15 heavy (non-hydrogen) atoms. The Balaban J connectivity index is 3.27. The van der Waals surface area contributed by atoms with Gasteiger partial charge >= 0.3 is 5.97 Å². The Kier molecular flexibility index (Phi) is 3.96. The van der Waals surface area contributed by atoms with Crippen molar-refractivity contribution in [2.75, 3.05) is 7.11 Å². The highest BCUT2D eigenvalue weighted by atomic mass is 127. The zero-order valence-corrected chi connectivity index (χ0v) is 11.3. The first-order valence-electron chi connectivity index (χ1n) is 3.69. The molecule has 7 heteroatoms. The summed E-state index contributed by atoms with van der Waals surface area (Å²) in [6.07, 6.45) is 0. The lowest BCUT2D eigenvalue weighted by molar-refractivity contribution is 0.0600. The number of carbonyl (C=O) groups is 1. The number of benzene rings is 1. The van der Waals surface area contributed by atoms with Gasteiger partial charge in [-0.05, 0) is 40.8 Å². The van der Waals surface area contributed by atoms with Gasteiger partial charge in [0.15, 0.2) is 0 Å². The number of ether oxygens (including phenoxy) is 1. The van der Waals surface area contributed by atoms with Gasteiger partial charge in [0.25, 0.3) is 9.05 Å². The van der Waals surface area contributed by atoms with Crippen molar-refractivity contribution < 1.29 is 17.9 Å². The molecule has 82 valence electrons. The van der Waals surface area contributed by atoms with Crippen LogP contribution in [-0.4, -0.2) is 21.5 Å². The van der Waals surface area contributed by atoms with Crippen LogP contribution in [0.4, 0.5) is 0 Å². The first kappa shape index (κ1) is 12.7. The van der Waals surface area contributed by atoms with Crippen LogP contribution >= 0.6 is 33.3 Å². The average molecular weight is 361 g/mol. The van der Waals surface area contributed by atoms with Gasteiger partial charge in [0.2, 0.25) is 0 Å². The van der Waals surface area contributed by atoms with Gasteiger partial charge in [0.05, 0.1) is 17.6 Å². The van der Waals surface area contributed by atoms with E-state index in [9.17, 15) is 13.2 Å². The van der Waals surface area contributed by atoms with Crippen LogP contribution in [0.25, 0.3) is 0 Å². The van der Waals surface area contributed by atoms with Crippen molar-refractivity contribution in [3.63, 3.8) is 0 Å². The number of methoxy groups -OCH3 is 1. The molecule has 0 spiro atoms. The molecule has 0 fully saturated rings. The van der Waals surface area contributed by atoms with E-state index >= 15 is 0 Å². The van der Waals surface area contributed by atoms with Crippen LogP contribution in [0, 0.1) is 3.57 Å². The number of carbonyl (C=O) groups excluding carboxylic acids is 1. The molecular formula is C8H6ClIO4S. The largest absolute Gasteiger partial charge is 0.465 e. The molecule has 1 aromatic carbocycles. The first-order valence-corrected chi connectivity index (χ1v) is 7.07. The highest BCUT2D eigenvalue weighted by Gasteiger charge is 2.16. The molecule has 0 aromatic heterocycles. The second-order valence-corrected chi connectivity index (χ2v) is 6.27. The van der Waals surface area contributed by atoms with E-state index < -0.39 is 15.0 Å². The maximum Gasteiger partial charge on any atom is 0.337 e. The van der Waals surface area contributed by atoms with Gasteiger partial charge in [-0.2, -0.15) is 0 Å². The molecule has 0 saturated carbocycles. The lowest BCUT2D eigenvalue weighted by Crippen LogP contribution is -2.03. The average Bonchev–Trinajstić information content (AvgIpc) is 2.14. The number of rotatable bonds is 2. The summed E-state index contributed by atoms with van der Waals surface area (Å²) in [4.78, 5) is 11.1. The van der Waals surface area contributed by atoms with E-state index in [1.54, 1.807) is 22.6 Å². The molecular weight excluding hydrogens is 355 g/mol. The minimum Gasteiger partial charge on any atom is -0.465 e. The SMILES string of the molecule is COC(=O)c1ccc(S(=O)(=O)Cl)c(I)c1. The van der Waals surface area contributed by atoms with Crippen LogP contribution in [-0.2, 0) is 13.8 Å². The van der Waals surface area contributed by atoms with Gasteiger partial charge in [0.1, 0.15) is 0 Å². The van der Waals surface area contributed by atoms with Crippen LogP contribution < -0.4 is 0 Å². The zero-order valence-electron chi connectivity index (χ0n) is 7.53. The van der Waals surface area contributed by atoms with Crippen molar-refractivity contribution in [1.29, 1.82) is 0 Å². The highest BCUT2D eigenvalue weighted by Crippen LogP contribution is 2.23. The second kappa shape index (κ2) is 4.67. The van der Waals surface area contributed by atoms with Gasteiger partial charge in [-0.3, -0.25) is 0 Å². The quantitative estimate of drug-likeness (QED) is 0.460. The van der Waals surface area contributed by atoms with Gasteiger partial charge in [0, 0.05) is 14.3 Å². The maximum absolute atomic E-state index is 11.1. The van der Waals surface area contributed by atoms with Crippen LogP contribution in [0.3, 0.4) is 0 Å². The number of esters is 1. The molecule has 0 aliphatic rings. The summed E-state index contributed by atoms with van der Waals surface area (Å²) >= 11 is 1.79. The minimum atomic E-state index is -3.77. The van der Waals surface area contributed by atoms with E-state index in [1.165, 1.54) is 25.3 Å². The van der Waals surface area contributed by atoms with Crippen molar-refractivity contribution in [3.05, 3.63) is 27.3 Å². The van der Waals surface area contributed by atoms with Crippen molar-refractivity contribution in [3.8, 4) is 0 Å². The number of hydrogen-bond acceptors (Lipinski definition) is 4. The standard InChI is InChI=1S/C8H6ClIO4S/c1-14-8(11)5-2-3-7(6(10)4-5)15(9,12)13/h2-4H,1H3. The summed E-state index contributed by atoms with van der Waals surface area (Å²) in [5.41, 5.74) is 0.283. The molecule has 1 rings (SSSR count). The molecule has 0 unspecified atom stereocenters. The Hall–Kier alpha value is -0.340. The van der Waals surface area contributed by atoms with Crippen LogP contribution in [0.15, 0.2) is 23.1 Å². The Morgan fingerprint density at radius 3 is 2.47 bits per heavy atom. The van der Waals surface area contributed by atoms with Gasteiger partial charge < -0.3 is 4.74 Å². The molecule has 0 heterocycles. The Morgan fingerprint density at radius 1 is 1.47 bits per heavy atom. The smallest absolute Gasteiger partial charge is 0.337 e. The summed E-state index contributed by atoms with van der Waals surface area (Å²) in [6, 6.07) is 4.03. The van der Waals surface area contributed by atoms with E-state index in [2.05, 4.69) is 4.74 Å². The summed E-state index contributed by atoms with van der Waals surface area (Å²) in [5, 5.41) is 0. The summed E-state index contributed by atoms with van der Waals surface area (Å²) < 4.78 is 27.0. The number of hydrogen-bond donors (Lipinski definition) is 0. The Bertz CT molecular complexity index is 497. The maximum atomic E-state index is 11.1. The predicted octanol–water partition coefficient (Wildman–Crippen LogP) is 2.01. The van der Waals surface area contributed by atoms with Crippen LogP contribution in [0.5, 0.6) is 0 Å². The molecule has 0 aliphatic carbocycles. The van der Waals surface area contributed by atoms with Crippen LogP contribution in [0.1, 0.15) is 10.4 Å². The van der Waals surface area contributed by atoms with Gasteiger partial charge in [-0.25, -0.2) is 13.2 Å². The normalized spacial score (nSPS) is 11.1. The zero-order chi connectivity index (χ0) is 11.6. The molecule has 0 radical (unpaired) electrons. The fourth-order valence-corrected chi connectivity index (χ4v) is 3.64. The van der Waals surface area contributed by atoms with Gasteiger partial charge in [-0.1, -0.05) is 0 Å². The van der Waals surface area contributed by atoms with Crippen molar-refractivity contribution in [1.82, 2.24) is 0 Å². The molecule has 0 bridgehead atoms. The summed E-state index contributed by atoms with van der Waals surface area (Å²) in [7, 11) is 2.66. The lowest BCUT2D eigenvalue weighted by atomic mass is 10.2. The van der Waals surface area contributed by atoms with E-state index in [4.69, 9.17) is 10.7 Å².